The van der Waals surface area contributed by atoms with E-state index in [0.717, 1.165) is 12.3 Å². The molecule has 0 amide bonds. The maximum Gasteiger partial charge on any atom is 0.322 e. The predicted molar refractivity (Wildman–Crippen MR) is 52.5 cm³/mol. The van der Waals surface area contributed by atoms with E-state index in [1.54, 1.807) is 11.8 Å². The summed E-state index contributed by atoms with van der Waals surface area (Å²) in [6.07, 6.45) is 2.04. The van der Waals surface area contributed by atoms with E-state index in [9.17, 15) is 4.79 Å². The fourth-order valence-electron chi connectivity index (χ4n) is 0.728. The molecule has 12 heavy (non-hydrogen) atoms. The highest BCUT2D eigenvalue weighted by molar-refractivity contribution is 7.98. The molecule has 0 bridgehead atoms. The van der Waals surface area contributed by atoms with Gasteiger partial charge in [0.1, 0.15) is 6.04 Å². The first-order valence-corrected chi connectivity index (χ1v) is 5.50. The van der Waals surface area contributed by atoms with Gasteiger partial charge in [-0.15, -0.1) is 0 Å². The van der Waals surface area contributed by atoms with Crippen molar-refractivity contribution in [3.05, 3.63) is 0 Å². The van der Waals surface area contributed by atoms with Crippen LogP contribution in [0.2, 0.25) is 0 Å². The van der Waals surface area contributed by atoms with Crippen LogP contribution in [0.4, 0.5) is 0 Å². The average Bonchev–Trinajstić information content (AvgIpc) is 2.05. The highest BCUT2D eigenvalue weighted by Gasteiger charge is 2.11. The lowest BCUT2D eigenvalue weighted by Crippen LogP contribution is -2.36. The number of hydrogen-bond acceptors (Lipinski definition) is 4. The molecule has 1 N–H and O–H groups in total. The molecular weight excluding hydrogens is 174 g/mol. The standard InChI is InChI=1S/C8H17NO2S/c1-4-11-8(10)7(2)9-5-6-12-3/h7,9H,4-6H2,1-3H3. The molecule has 4 heteroatoms. The quantitative estimate of drug-likeness (QED) is 0.500. The van der Waals surface area contributed by atoms with E-state index < -0.39 is 0 Å². The van der Waals surface area contributed by atoms with Gasteiger partial charge in [0.25, 0.3) is 0 Å². The molecule has 0 radical (unpaired) electrons. The number of thioether (sulfide) groups is 1. The lowest BCUT2D eigenvalue weighted by Gasteiger charge is -2.11. The molecule has 0 aromatic heterocycles. The Morgan fingerprint density at radius 3 is 2.83 bits per heavy atom. The number of hydrogen-bond donors (Lipinski definition) is 1. The van der Waals surface area contributed by atoms with Gasteiger partial charge in [0.05, 0.1) is 6.61 Å². The van der Waals surface area contributed by atoms with Crippen LogP contribution in [0, 0.1) is 0 Å². The van der Waals surface area contributed by atoms with Crippen LogP contribution >= 0.6 is 11.8 Å². The molecule has 0 aliphatic carbocycles. The Morgan fingerprint density at radius 2 is 2.33 bits per heavy atom. The normalized spacial score (nSPS) is 12.6. The number of nitrogens with one attached hydrogen (secondary N) is 1. The van der Waals surface area contributed by atoms with Crippen molar-refractivity contribution in [3.8, 4) is 0 Å². The molecule has 0 aromatic rings. The number of carbonyl (C=O) groups is 1. The van der Waals surface area contributed by atoms with Gasteiger partial charge in [-0.2, -0.15) is 11.8 Å². The number of carbonyl (C=O) groups excluding carboxylic acids is 1. The van der Waals surface area contributed by atoms with Gasteiger partial charge in [-0.25, -0.2) is 0 Å². The SMILES string of the molecule is CCOC(=O)C(C)NCCSC. The summed E-state index contributed by atoms with van der Waals surface area (Å²) in [6.45, 7) is 4.93. The van der Waals surface area contributed by atoms with E-state index in [4.69, 9.17) is 4.74 Å². The third-order valence-electron chi connectivity index (χ3n) is 1.40. The van der Waals surface area contributed by atoms with Gasteiger partial charge in [-0.3, -0.25) is 4.79 Å². The van der Waals surface area contributed by atoms with E-state index in [0.29, 0.717) is 6.61 Å². The second-order valence-electron chi connectivity index (χ2n) is 2.42. The van der Waals surface area contributed by atoms with Crippen molar-refractivity contribution < 1.29 is 9.53 Å². The first-order valence-electron chi connectivity index (χ1n) is 4.11. The number of rotatable bonds is 6. The Balaban J connectivity index is 3.42. The molecule has 3 nitrogen and oxygen atoms in total. The van der Waals surface area contributed by atoms with Crippen LogP contribution in [0.25, 0.3) is 0 Å². The summed E-state index contributed by atoms with van der Waals surface area (Å²) >= 11 is 1.75. The van der Waals surface area contributed by atoms with Crippen LogP contribution in [0.1, 0.15) is 13.8 Å². The molecule has 0 saturated heterocycles. The fraction of sp³-hybridized carbons (Fsp3) is 0.875. The van der Waals surface area contributed by atoms with Crippen LogP contribution < -0.4 is 5.32 Å². The summed E-state index contributed by atoms with van der Waals surface area (Å²) in [5.41, 5.74) is 0. The number of ether oxygens (including phenoxy) is 1. The smallest absolute Gasteiger partial charge is 0.322 e. The number of esters is 1. The van der Waals surface area contributed by atoms with Crippen molar-refractivity contribution >= 4 is 17.7 Å². The minimum Gasteiger partial charge on any atom is -0.465 e. The van der Waals surface area contributed by atoms with E-state index in [-0.39, 0.29) is 12.0 Å². The fourth-order valence-corrected chi connectivity index (χ4v) is 1.05. The minimum atomic E-state index is -0.183. The van der Waals surface area contributed by atoms with Crippen molar-refractivity contribution in [2.45, 2.75) is 19.9 Å². The van der Waals surface area contributed by atoms with E-state index >= 15 is 0 Å². The Morgan fingerprint density at radius 1 is 1.67 bits per heavy atom. The second-order valence-corrected chi connectivity index (χ2v) is 3.41. The summed E-state index contributed by atoms with van der Waals surface area (Å²) in [4.78, 5) is 11.0. The van der Waals surface area contributed by atoms with Crippen LogP contribution in [-0.2, 0) is 9.53 Å². The molecule has 0 heterocycles. The molecule has 0 aliphatic heterocycles. The van der Waals surface area contributed by atoms with Gasteiger partial charge in [0, 0.05) is 12.3 Å². The van der Waals surface area contributed by atoms with Gasteiger partial charge in [0.2, 0.25) is 0 Å². The first kappa shape index (κ1) is 11.8. The highest BCUT2D eigenvalue weighted by atomic mass is 32.2. The van der Waals surface area contributed by atoms with E-state index in [1.165, 1.54) is 0 Å². The van der Waals surface area contributed by atoms with Gasteiger partial charge < -0.3 is 10.1 Å². The largest absolute Gasteiger partial charge is 0.465 e. The van der Waals surface area contributed by atoms with Crippen LogP contribution in [0.5, 0.6) is 0 Å². The summed E-state index contributed by atoms with van der Waals surface area (Å²) in [5, 5.41) is 3.07. The molecular formula is C8H17NO2S. The molecule has 0 spiro atoms. The average molecular weight is 191 g/mol. The maximum atomic E-state index is 11.0. The van der Waals surface area contributed by atoms with Crippen LogP contribution in [0.15, 0.2) is 0 Å². The van der Waals surface area contributed by atoms with Crippen molar-refractivity contribution in [3.63, 3.8) is 0 Å². The van der Waals surface area contributed by atoms with E-state index in [2.05, 4.69) is 5.32 Å². The Hall–Kier alpha value is -0.220. The zero-order valence-electron chi connectivity index (χ0n) is 7.92. The molecule has 0 aliphatic rings. The Kier molecular flexibility index (Phi) is 7.29. The molecule has 0 saturated carbocycles. The Bertz CT molecular complexity index is 130. The molecule has 0 rings (SSSR count). The Labute approximate surface area is 78.2 Å². The summed E-state index contributed by atoms with van der Waals surface area (Å²) in [6, 6.07) is -0.183. The highest BCUT2D eigenvalue weighted by Crippen LogP contribution is 1.91. The second kappa shape index (κ2) is 7.43. The van der Waals surface area contributed by atoms with Crippen molar-refractivity contribution in [1.82, 2.24) is 5.32 Å². The lowest BCUT2D eigenvalue weighted by atomic mass is 10.3. The molecule has 1 unspecified atom stereocenters. The van der Waals surface area contributed by atoms with Crippen molar-refractivity contribution in [2.24, 2.45) is 0 Å². The third kappa shape index (κ3) is 5.43. The van der Waals surface area contributed by atoms with E-state index in [1.807, 2.05) is 20.1 Å². The first-order chi connectivity index (χ1) is 5.72. The molecule has 1 atom stereocenters. The molecule has 0 fully saturated rings. The predicted octanol–water partition coefficient (Wildman–Crippen LogP) is 0.891. The monoisotopic (exact) mass is 191 g/mol. The molecule has 72 valence electrons. The summed E-state index contributed by atoms with van der Waals surface area (Å²) < 4.78 is 4.83. The van der Waals surface area contributed by atoms with Crippen LogP contribution in [-0.4, -0.2) is 37.2 Å². The van der Waals surface area contributed by atoms with Gasteiger partial charge in [-0.1, -0.05) is 0 Å². The van der Waals surface area contributed by atoms with Crippen molar-refractivity contribution in [1.29, 1.82) is 0 Å². The topological polar surface area (TPSA) is 38.3 Å². The van der Waals surface area contributed by atoms with Crippen molar-refractivity contribution in [2.75, 3.05) is 25.2 Å². The maximum absolute atomic E-state index is 11.0. The summed E-state index contributed by atoms with van der Waals surface area (Å²) in [5.74, 6) is 0.850. The lowest BCUT2D eigenvalue weighted by molar-refractivity contribution is -0.145. The third-order valence-corrected chi connectivity index (χ3v) is 2.01. The summed E-state index contributed by atoms with van der Waals surface area (Å²) in [7, 11) is 0. The van der Waals surface area contributed by atoms with Gasteiger partial charge >= 0.3 is 5.97 Å². The van der Waals surface area contributed by atoms with Gasteiger partial charge in [-0.05, 0) is 20.1 Å². The zero-order valence-corrected chi connectivity index (χ0v) is 8.74. The van der Waals surface area contributed by atoms with Crippen LogP contribution in [0.3, 0.4) is 0 Å². The minimum absolute atomic E-state index is 0.168. The molecule has 0 aromatic carbocycles. The van der Waals surface area contributed by atoms with Gasteiger partial charge in [0.15, 0.2) is 0 Å². The zero-order chi connectivity index (χ0) is 9.40.